The van der Waals surface area contributed by atoms with Gasteiger partial charge >= 0.3 is 0 Å². The molecule has 0 aliphatic carbocycles. The summed E-state index contributed by atoms with van der Waals surface area (Å²) < 4.78 is 1.66. The molecule has 0 saturated carbocycles. The summed E-state index contributed by atoms with van der Waals surface area (Å²) in [6.45, 7) is 0.353. The number of halogens is 1. The lowest BCUT2D eigenvalue weighted by Crippen LogP contribution is -2.27. The third kappa shape index (κ3) is 3.19. The summed E-state index contributed by atoms with van der Waals surface area (Å²) in [7, 11) is 3.40. The smallest absolute Gasteiger partial charge is 0.288 e. The Kier molecular flexibility index (Phi) is 4.23. The molecule has 0 N–H and O–H groups in total. The van der Waals surface area contributed by atoms with E-state index in [-0.39, 0.29) is 22.2 Å². The summed E-state index contributed by atoms with van der Waals surface area (Å²) in [4.78, 5) is 24.0. The molecular weight excluding hydrogens is 296 g/mol. The number of nitrogens with zero attached hydrogens (tertiary/aromatic N) is 4. The van der Waals surface area contributed by atoms with E-state index >= 15 is 0 Å². The van der Waals surface area contributed by atoms with E-state index in [0.717, 1.165) is 5.69 Å². The van der Waals surface area contributed by atoms with Gasteiger partial charge in [-0.25, -0.2) is 0 Å². The Labute approximate surface area is 125 Å². The molecule has 0 fully saturated rings. The third-order valence-corrected chi connectivity index (χ3v) is 3.38. The van der Waals surface area contributed by atoms with Crippen LogP contribution in [0.1, 0.15) is 16.1 Å². The standard InChI is InChI=1S/C13H13ClN4O3/c1-16(8-10-5-6-15-17(10)2)13(19)9-3-4-11(14)12(7-9)18(20)21/h3-7H,8H2,1-2H3. The molecule has 0 bridgehead atoms. The van der Waals surface area contributed by atoms with E-state index in [4.69, 9.17) is 11.6 Å². The highest BCUT2D eigenvalue weighted by Gasteiger charge is 2.19. The average molecular weight is 309 g/mol. The summed E-state index contributed by atoms with van der Waals surface area (Å²) in [5, 5.41) is 14.9. The number of amides is 1. The van der Waals surface area contributed by atoms with Crippen LogP contribution in [0.25, 0.3) is 0 Å². The van der Waals surface area contributed by atoms with Gasteiger partial charge < -0.3 is 4.90 Å². The van der Waals surface area contributed by atoms with Crippen LogP contribution in [0, 0.1) is 10.1 Å². The van der Waals surface area contributed by atoms with E-state index in [1.54, 1.807) is 31.0 Å². The lowest BCUT2D eigenvalue weighted by molar-refractivity contribution is -0.384. The Hall–Kier alpha value is -2.41. The summed E-state index contributed by atoms with van der Waals surface area (Å²) in [5.74, 6) is -0.323. The molecule has 1 aromatic heterocycles. The maximum Gasteiger partial charge on any atom is 0.288 e. The number of nitro benzene ring substituents is 1. The van der Waals surface area contributed by atoms with Crippen LogP contribution >= 0.6 is 11.6 Å². The van der Waals surface area contributed by atoms with Crippen molar-refractivity contribution in [2.45, 2.75) is 6.54 Å². The molecule has 0 spiro atoms. The van der Waals surface area contributed by atoms with Crippen molar-refractivity contribution in [3.05, 3.63) is 56.9 Å². The van der Waals surface area contributed by atoms with Crippen molar-refractivity contribution in [2.24, 2.45) is 7.05 Å². The summed E-state index contributed by atoms with van der Waals surface area (Å²) in [6.07, 6.45) is 1.64. The zero-order valence-corrected chi connectivity index (χ0v) is 12.2. The van der Waals surface area contributed by atoms with Crippen molar-refractivity contribution in [2.75, 3.05) is 7.05 Å². The molecule has 0 saturated heterocycles. The van der Waals surface area contributed by atoms with E-state index < -0.39 is 4.92 Å². The molecule has 2 rings (SSSR count). The minimum atomic E-state index is -0.611. The van der Waals surface area contributed by atoms with Gasteiger partial charge in [0.25, 0.3) is 11.6 Å². The minimum absolute atomic E-state index is 0.00541. The molecule has 1 aromatic carbocycles. The lowest BCUT2D eigenvalue weighted by Gasteiger charge is -2.17. The predicted molar refractivity (Wildman–Crippen MR) is 77.1 cm³/mol. The fourth-order valence-electron chi connectivity index (χ4n) is 1.88. The maximum atomic E-state index is 12.3. The summed E-state index contributed by atoms with van der Waals surface area (Å²) in [6, 6.07) is 5.81. The number of rotatable bonds is 4. The number of hydrogen-bond acceptors (Lipinski definition) is 4. The normalized spacial score (nSPS) is 10.4. The molecule has 7 nitrogen and oxygen atoms in total. The van der Waals surface area contributed by atoms with E-state index in [2.05, 4.69) is 5.10 Å². The van der Waals surface area contributed by atoms with Crippen LogP contribution in [0.4, 0.5) is 5.69 Å². The SMILES string of the molecule is CN(Cc1ccnn1C)C(=O)c1ccc(Cl)c([N+](=O)[O-])c1. The largest absolute Gasteiger partial charge is 0.336 e. The molecule has 110 valence electrons. The van der Waals surface area contributed by atoms with Crippen LogP contribution < -0.4 is 0 Å². The van der Waals surface area contributed by atoms with Gasteiger partial charge in [-0.05, 0) is 18.2 Å². The van der Waals surface area contributed by atoms with Crippen molar-refractivity contribution in [3.63, 3.8) is 0 Å². The molecule has 2 aromatic rings. The Morgan fingerprint density at radius 1 is 1.48 bits per heavy atom. The minimum Gasteiger partial charge on any atom is -0.336 e. The van der Waals surface area contributed by atoms with Gasteiger partial charge in [-0.3, -0.25) is 19.6 Å². The van der Waals surface area contributed by atoms with Gasteiger partial charge in [0, 0.05) is 31.9 Å². The predicted octanol–water partition coefficient (Wildman–Crippen LogP) is 2.25. The van der Waals surface area contributed by atoms with Crippen LogP contribution in [0.5, 0.6) is 0 Å². The van der Waals surface area contributed by atoms with Crippen LogP contribution in [-0.2, 0) is 13.6 Å². The number of carbonyl (C=O) groups excluding carboxylic acids is 1. The number of hydrogen-bond donors (Lipinski definition) is 0. The summed E-state index contributed by atoms with van der Waals surface area (Å²) in [5.41, 5.74) is 0.793. The highest BCUT2D eigenvalue weighted by atomic mass is 35.5. The first-order valence-corrected chi connectivity index (χ1v) is 6.44. The first kappa shape index (κ1) is 15.0. The second-order valence-electron chi connectivity index (χ2n) is 4.53. The van der Waals surface area contributed by atoms with Crippen molar-refractivity contribution in [1.29, 1.82) is 0 Å². The van der Waals surface area contributed by atoms with Crippen LogP contribution in [0.15, 0.2) is 30.5 Å². The molecule has 0 aliphatic heterocycles. The van der Waals surface area contributed by atoms with E-state index in [9.17, 15) is 14.9 Å². The zero-order valence-electron chi connectivity index (χ0n) is 11.5. The Bertz CT molecular complexity index is 698. The number of aromatic nitrogens is 2. The zero-order chi connectivity index (χ0) is 15.6. The molecular formula is C13H13ClN4O3. The Morgan fingerprint density at radius 3 is 2.76 bits per heavy atom. The third-order valence-electron chi connectivity index (χ3n) is 3.06. The highest BCUT2D eigenvalue weighted by Crippen LogP contribution is 2.25. The van der Waals surface area contributed by atoms with E-state index in [0.29, 0.717) is 6.54 Å². The van der Waals surface area contributed by atoms with Crippen molar-refractivity contribution < 1.29 is 9.72 Å². The monoisotopic (exact) mass is 308 g/mol. The van der Waals surface area contributed by atoms with Crippen molar-refractivity contribution in [1.82, 2.24) is 14.7 Å². The van der Waals surface area contributed by atoms with Gasteiger partial charge in [0.2, 0.25) is 0 Å². The topological polar surface area (TPSA) is 81.3 Å². The van der Waals surface area contributed by atoms with E-state index in [1.165, 1.54) is 23.1 Å². The van der Waals surface area contributed by atoms with Crippen LogP contribution in [0.3, 0.4) is 0 Å². The fraction of sp³-hybridized carbons (Fsp3) is 0.231. The molecule has 8 heteroatoms. The lowest BCUT2D eigenvalue weighted by atomic mass is 10.1. The molecule has 0 aliphatic rings. The van der Waals surface area contributed by atoms with Gasteiger partial charge in [0.1, 0.15) is 5.02 Å². The number of nitro groups is 1. The number of carbonyl (C=O) groups is 1. The van der Waals surface area contributed by atoms with Gasteiger partial charge in [0.15, 0.2) is 0 Å². The Balaban J connectivity index is 2.21. The first-order valence-electron chi connectivity index (χ1n) is 6.06. The van der Waals surface area contributed by atoms with Crippen LogP contribution in [0.2, 0.25) is 5.02 Å². The average Bonchev–Trinajstić information content (AvgIpc) is 2.83. The van der Waals surface area contributed by atoms with E-state index in [1.807, 2.05) is 0 Å². The molecule has 1 heterocycles. The van der Waals surface area contributed by atoms with Gasteiger partial charge in [0.05, 0.1) is 17.2 Å². The molecule has 0 unspecified atom stereocenters. The number of aryl methyl sites for hydroxylation is 1. The first-order chi connectivity index (χ1) is 9.90. The quantitative estimate of drug-likeness (QED) is 0.641. The Morgan fingerprint density at radius 2 is 2.19 bits per heavy atom. The summed E-state index contributed by atoms with van der Waals surface area (Å²) >= 11 is 5.73. The van der Waals surface area contributed by atoms with Gasteiger partial charge in [-0.1, -0.05) is 11.6 Å². The highest BCUT2D eigenvalue weighted by molar-refractivity contribution is 6.32. The van der Waals surface area contributed by atoms with Gasteiger partial charge in [-0.15, -0.1) is 0 Å². The molecule has 1 amide bonds. The second kappa shape index (κ2) is 5.92. The van der Waals surface area contributed by atoms with Gasteiger partial charge in [-0.2, -0.15) is 5.10 Å². The van der Waals surface area contributed by atoms with Crippen molar-refractivity contribution in [3.8, 4) is 0 Å². The maximum absolute atomic E-state index is 12.3. The van der Waals surface area contributed by atoms with Crippen LogP contribution in [-0.4, -0.2) is 32.6 Å². The van der Waals surface area contributed by atoms with Crippen molar-refractivity contribution >= 4 is 23.2 Å². The number of benzene rings is 1. The second-order valence-corrected chi connectivity index (χ2v) is 4.94. The fourth-order valence-corrected chi connectivity index (χ4v) is 2.06. The molecule has 0 atom stereocenters. The molecule has 21 heavy (non-hydrogen) atoms. The molecule has 0 radical (unpaired) electrons.